The smallest absolute Gasteiger partial charge is 0.0991 e. The van der Waals surface area contributed by atoms with E-state index in [-0.39, 0.29) is 5.60 Å². The van der Waals surface area contributed by atoms with Crippen LogP contribution in [0.2, 0.25) is 0 Å². The van der Waals surface area contributed by atoms with Gasteiger partial charge in [-0.05, 0) is 79.5 Å². The molecule has 0 N–H and O–H groups in total. The molecule has 0 aliphatic heterocycles. The van der Waals surface area contributed by atoms with Crippen LogP contribution in [0.5, 0.6) is 0 Å². The van der Waals surface area contributed by atoms with E-state index in [0.29, 0.717) is 5.41 Å². The van der Waals surface area contributed by atoms with E-state index >= 15 is 0 Å². The second-order valence-electron chi connectivity index (χ2n) is 8.67. The number of rotatable bonds is 7. The highest BCUT2D eigenvalue weighted by atomic mass is 16.5. The number of methoxy groups -OCH3 is 1. The third-order valence-electron chi connectivity index (χ3n) is 7.32. The van der Waals surface area contributed by atoms with E-state index < -0.39 is 0 Å². The predicted octanol–water partition coefficient (Wildman–Crippen LogP) is 6.31. The Balaban J connectivity index is 1.96. The maximum atomic E-state index is 9.30. The number of ether oxygens (including phenoxy) is 1. The van der Waals surface area contributed by atoms with Crippen molar-refractivity contribution in [3.8, 4) is 6.07 Å². The van der Waals surface area contributed by atoms with Crippen molar-refractivity contribution in [1.29, 1.82) is 5.26 Å². The Morgan fingerprint density at radius 1 is 1.15 bits per heavy atom. The van der Waals surface area contributed by atoms with Crippen LogP contribution in [0.25, 0.3) is 0 Å². The molecule has 0 unspecified atom stereocenters. The molecule has 0 bridgehead atoms. The summed E-state index contributed by atoms with van der Waals surface area (Å²) in [6, 6.07) is 8.84. The monoisotopic (exact) mass is 353 g/mol. The van der Waals surface area contributed by atoms with Crippen LogP contribution in [0.15, 0.2) is 18.2 Å². The molecule has 2 heteroatoms. The minimum absolute atomic E-state index is 0.0950. The molecule has 1 aromatic carbocycles. The van der Waals surface area contributed by atoms with Gasteiger partial charge >= 0.3 is 0 Å². The van der Waals surface area contributed by atoms with Crippen molar-refractivity contribution in [2.75, 3.05) is 7.11 Å². The molecule has 26 heavy (non-hydrogen) atoms. The van der Waals surface area contributed by atoms with Gasteiger partial charge in [0.1, 0.15) is 0 Å². The van der Waals surface area contributed by atoms with Crippen LogP contribution in [0, 0.1) is 17.2 Å². The van der Waals surface area contributed by atoms with Gasteiger partial charge in [-0.25, -0.2) is 0 Å². The molecule has 0 heterocycles. The van der Waals surface area contributed by atoms with Gasteiger partial charge in [0.05, 0.1) is 17.2 Å². The van der Waals surface area contributed by atoms with Crippen LogP contribution in [-0.4, -0.2) is 12.7 Å². The molecule has 2 aliphatic rings. The molecule has 0 saturated heterocycles. The number of nitriles is 1. The maximum absolute atomic E-state index is 9.30. The Morgan fingerprint density at radius 2 is 2.00 bits per heavy atom. The van der Waals surface area contributed by atoms with Gasteiger partial charge in [-0.1, -0.05) is 45.6 Å². The van der Waals surface area contributed by atoms with E-state index in [1.165, 1.54) is 69.8 Å². The lowest BCUT2D eigenvalue weighted by Gasteiger charge is -2.54. The first-order chi connectivity index (χ1) is 12.6. The molecule has 2 aliphatic carbocycles. The van der Waals surface area contributed by atoms with Crippen molar-refractivity contribution < 1.29 is 4.74 Å². The van der Waals surface area contributed by atoms with Crippen LogP contribution < -0.4 is 0 Å². The standard InChI is InChI=1S/C24H35NO/c1-4-6-7-13-24-15-14-23(26-3,12-5-2)17-21(24)10-9-20-16-19(18-25)8-11-22(20)24/h8,11,16,21H,4-7,9-10,12-15,17H2,1-3H3/t21-,23+,24-/m1/s1. The van der Waals surface area contributed by atoms with E-state index in [1.807, 2.05) is 13.2 Å². The van der Waals surface area contributed by atoms with Gasteiger partial charge in [0.15, 0.2) is 0 Å². The average Bonchev–Trinajstić information content (AvgIpc) is 2.68. The highest BCUT2D eigenvalue weighted by molar-refractivity contribution is 5.44. The first-order valence-corrected chi connectivity index (χ1v) is 10.7. The highest BCUT2D eigenvalue weighted by Crippen LogP contribution is 2.56. The fourth-order valence-electron chi connectivity index (χ4n) is 5.94. The molecule has 1 aromatic rings. The van der Waals surface area contributed by atoms with Crippen LogP contribution in [0.3, 0.4) is 0 Å². The third-order valence-corrected chi connectivity index (χ3v) is 7.32. The lowest BCUT2D eigenvalue weighted by molar-refractivity contribution is -0.0876. The van der Waals surface area contributed by atoms with Gasteiger partial charge in [0.25, 0.3) is 0 Å². The van der Waals surface area contributed by atoms with Crippen LogP contribution in [0.4, 0.5) is 0 Å². The molecule has 0 radical (unpaired) electrons. The summed E-state index contributed by atoms with van der Waals surface area (Å²) in [4.78, 5) is 0. The number of aryl methyl sites for hydroxylation is 1. The molecular formula is C24H35NO. The second kappa shape index (κ2) is 8.13. The fourth-order valence-corrected chi connectivity index (χ4v) is 5.94. The zero-order valence-corrected chi connectivity index (χ0v) is 16.9. The fraction of sp³-hybridized carbons (Fsp3) is 0.708. The Hall–Kier alpha value is -1.33. The zero-order chi connectivity index (χ0) is 18.6. The first kappa shape index (κ1) is 19.4. The lowest BCUT2D eigenvalue weighted by atomic mass is 9.52. The van der Waals surface area contributed by atoms with E-state index in [9.17, 15) is 5.26 Å². The van der Waals surface area contributed by atoms with Gasteiger partial charge in [-0.2, -0.15) is 5.26 Å². The van der Waals surface area contributed by atoms with E-state index in [1.54, 1.807) is 5.56 Å². The molecular weight excluding hydrogens is 318 g/mol. The van der Waals surface area contributed by atoms with Crippen molar-refractivity contribution >= 4 is 0 Å². The summed E-state index contributed by atoms with van der Waals surface area (Å²) in [5.74, 6) is 0.722. The molecule has 0 amide bonds. The number of unbranched alkanes of at least 4 members (excludes halogenated alkanes) is 2. The normalized spacial score (nSPS) is 30.3. The Labute approximate surface area is 159 Å². The summed E-state index contributed by atoms with van der Waals surface area (Å²) >= 11 is 0. The number of benzene rings is 1. The SMILES string of the molecule is CCCCC[C@@]12CC[C@](CCC)(OC)C[C@H]1CCc1cc(C#N)ccc12. The molecule has 1 saturated carbocycles. The van der Waals surface area contributed by atoms with Crippen molar-refractivity contribution in [2.24, 2.45) is 5.92 Å². The molecule has 0 spiro atoms. The highest BCUT2D eigenvalue weighted by Gasteiger charge is 2.51. The molecule has 3 atom stereocenters. The summed E-state index contributed by atoms with van der Waals surface area (Å²) in [5.41, 5.74) is 4.23. The van der Waals surface area contributed by atoms with Crippen molar-refractivity contribution in [3.05, 3.63) is 34.9 Å². The van der Waals surface area contributed by atoms with Crippen molar-refractivity contribution in [3.63, 3.8) is 0 Å². The summed E-state index contributed by atoms with van der Waals surface area (Å²) < 4.78 is 6.12. The summed E-state index contributed by atoms with van der Waals surface area (Å²) in [5, 5.41) is 9.30. The van der Waals surface area contributed by atoms with Crippen molar-refractivity contribution in [2.45, 2.75) is 95.5 Å². The number of nitrogens with zero attached hydrogens (tertiary/aromatic N) is 1. The number of fused-ring (bicyclic) bond motifs is 3. The van der Waals surface area contributed by atoms with Gasteiger partial charge in [-0.15, -0.1) is 0 Å². The summed E-state index contributed by atoms with van der Waals surface area (Å²) in [7, 11) is 1.93. The average molecular weight is 354 g/mol. The maximum Gasteiger partial charge on any atom is 0.0991 e. The Morgan fingerprint density at radius 3 is 2.69 bits per heavy atom. The Bertz CT molecular complexity index is 661. The largest absolute Gasteiger partial charge is 0.378 e. The first-order valence-electron chi connectivity index (χ1n) is 10.7. The second-order valence-corrected chi connectivity index (χ2v) is 8.67. The molecule has 142 valence electrons. The van der Waals surface area contributed by atoms with Gasteiger partial charge in [0, 0.05) is 7.11 Å². The van der Waals surface area contributed by atoms with Crippen molar-refractivity contribution in [1.82, 2.24) is 0 Å². The third kappa shape index (κ3) is 3.44. The molecule has 3 rings (SSSR count). The van der Waals surface area contributed by atoms with Gasteiger partial charge in [0.2, 0.25) is 0 Å². The minimum Gasteiger partial charge on any atom is -0.378 e. The molecule has 2 nitrogen and oxygen atoms in total. The van der Waals surface area contributed by atoms with Crippen LogP contribution >= 0.6 is 0 Å². The molecule has 0 aromatic heterocycles. The van der Waals surface area contributed by atoms with Crippen LogP contribution in [0.1, 0.15) is 94.7 Å². The predicted molar refractivity (Wildman–Crippen MR) is 107 cm³/mol. The van der Waals surface area contributed by atoms with Crippen LogP contribution in [-0.2, 0) is 16.6 Å². The minimum atomic E-state index is 0.0950. The van der Waals surface area contributed by atoms with Gasteiger partial charge < -0.3 is 4.74 Å². The van der Waals surface area contributed by atoms with E-state index in [0.717, 1.165) is 17.9 Å². The lowest BCUT2D eigenvalue weighted by Crippen LogP contribution is -2.50. The topological polar surface area (TPSA) is 33.0 Å². The number of hydrogen-bond donors (Lipinski definition) is 0. The molecule has 1 fully saturated rings. The zero-order valence-electron chi connectivity index (χ0n) is 16.9. The number of hydrogen-bond acceptors (Lipinski definition) is 2. The van der Waals surface area contributed by atoms with Gasteiger partial charge in [-0.3, -0.25) is 0 Å². The summed E-state index contributed by atoms with van der Waals surface area (Å²) in [6.07, 6.45) is 13.6. The van der Waals surface area contributed by atoms with E-state index in [4.69, 9.17) is 4.74 Å². The summed E-state index contributed by atoms with van der Waals surface area (Å²) in [6.45, 7) is 4.57. The van der Waals surface area contributed by atoms with E-state index in [2.05, 4.69) is 32.0 Å². The Kier molecular flexibility index (Phi) is 6.08. The quantitative estimate of drug-likeness (QED) is 0.538.